The van der Waals surface area contributed by atoms with Gasteiger partial charge in [-0.25, -0.2) is 9.18 Å². The molecule has 1 heterocycles. The highest BCUT2D eigenvalue weighted by atomic mass is 32.1. The highest BCUT2D eigenvalue weighted by Gasteiger charge is 2.23. The summed E-state index contributed by atoms with van der Waals surface area (Å²) >= 11 is 5.27. The molecular weight excluding hydrogens is 317 g/mol. The van der Waals surface area contributed by atoms with Gasteiger partial charge in [-0.2, -0.15) is 0 Å². The average molecular weight is 339 g/mol. The summed E-state index contributed by atoms with van der Waals surface area (Å²) in [5, 5.41) is 6.38. The molecule has 0 spiro atoms. The van der Waals surface area contributed by atoms with Gasteiger partial charge in [-0.3, -0.25) is 0 Å². The molecule has 0 atom stereocenters. The molecule has 1 aliphatic heterocycles. The zero-order valence-corrected chi connectivity index (χ0v) is 14.0. The van der Waals surface area contributed by atoms with Gasteiger partial charge in [0.2, 0.25) is 0 Å². The fourth-order valence-corrected chi connectivity index (χ4v) is 2.69. The number of halogens is 1. The van der Waals surface area contributed by atoms with Crippen LogP contribution in [0.2, 0.25) is 0 Å². The first-order valence-electron chi connectivity index (χ1n) is 7.79. The lowest BCUT2D eigenvalue weighted by atomic mass is 10.1. The van der Waals surface area contributed by atoms with Gasteiger partial charge in [-0.1, -0.05) is 18.3 Å². The summed E-state index contributed by atoms with van der Waals surface area (Å²) < 4.78 is 18.1. The predicted molar refractivity (Wildman–Crippen MR) is 92.2 cm³/mol. The second-order valence-corrected chi connectivity index (χ2v) is 5.89. The van der Waals surface area contributed by atoms with E-state index >= 15 is 0 Å². The molecule has 2 rings (SSSR count). The number of nitrogens with zero attached hydrogens (tertiary/aromatic N) is 1. The topological polar surface area (TPSA) is 53.6 Å². The first kappa shape index (κ1) is 17.6. The quantitative estimate of drug-likeness (QED) is 0.808. The Morgan fingerprint density at radius 1 is 1.43 bits per heavy atom. The maximum absolute atomic E-state index is 13.1. The zero-order chi connectivity index (χ0) is 16.7. The van der Waals surface area contributed by atoms with Gasteiger partial charge in [0, 0.05) is 31.4 Å². The minimum atomic E-state index is -0.294. The van der Waals surface area contributed by atoms with Crippen LogP contribution in [0.25, 0.3) is 0 Å². The first-order chi connectivity index (χ1) is 11.1. The molecule has 7 heteroatoms. The Morgan fingerprint density at radius 3 is 2.83 bits per heavy atom. The number of rotatable bonds is 5. The van der Waals surface area contributed by atoms with Gasteiger partial charge in [-0.05, 0) is 38.0 Å². The van der Waals surface area contributed by atoms with Crippen LogP contribution in [-0.4, -0.2) is 48.3 Å². The van der Waals surface area contributed by atoms with Crippen LogP contribution in [0.3, 0.4) is 0 Å². The van der Waals surface area contributed by atoms with Gasteiger partial charge >= 0.3 is 6.09 Å². The SMILES string of the molecule is CCOC(=O)N1CCC(NCC(=S)Nc2cccc(F)c2)CC1. The number of hydrogen-bond donors (Lipinski definition) is 2. The molecule has 1 aromatic rings. The van der Waals surface area contributed by atoms with Crippen LogP contribution in [0.1, 0.15) is 19.8 Å². The van der Waals surface area contributed by atoms with E-state index in [1.807, 2.05) is 0 Å². The molecule has 2 N–H and O–H groups in total. The summed E-state index contributed by atoms with van der Waals surface area (Å²) in [7, 11) is 0. The molecule has 1 amide bonds. The van der Waals surface area contributed by atoms with Crippen molar-refractivity contribution in [3.8, 4) is 0 Å². The minimum Gasteiger partial charge on any atom is -0.450 e. The van der Waals surface area contributed by atoms with E-state index in [4.69, 9.17) is 17.0 Å². The smallest absolute Gasteiger partial charge is 0.409 e. The number of anilines is 1. The zero-order valence-electron chi connectivity index (χ0n) is 13.2. The van der Waals surface area contributed by atoms with Crippen LogP contribution in [-0.2, 0) is 4.74 Å². The summed E-state index contributed by atoms with van der Waals surface area (Å²) in [6, 6.07) is 6.52. The number of piperidine rings is 1. The van der Waals surface area contributed by atoms with Crippen molar-refractivity contribution in [2.45, 2.75) is 25.8 Å². The maximum Gasteiger partial charge on any atom is 0.409 e. The molecule has 0 bridgehead atoms. The van der Waals surface area contributed by atoms with Crippen molar-refractivity contribution in [1.82, 2.24) is 10.2 Å². The van der Waals surface area contributed by atoms with E-state index in [0.717, 1.165) is 12.8 Å². The van der Waals surface area contributed by atoms with Gasteiger partial charge in [-0.15, -0.1) is 0 Å². The van der Waals surface area contributed by atoms with Gasteiger partial charge < -0.3 is 20.3 Å². The van der Waals surface area contributed by atoms with Crippen molar-refractivity contribution in [1.29, 1.82) is 0 Å². The molecule has 0 saturated carbocycles. The van der Waals surface area contributed by atoms with Crippen molar-refractivity contribution in [3.63, 3.8) is 0 Å². The van der Waals surface area contributed by atoms with E-state index in [1.54, 1.807) is 24.0 Å². The molecule has 1 fully saturated rings. The molecule has 1 aromatic carbocycles. The highest BCUT2D eigenvalue weighted by molar-refractivity contribution is 7.80. The first-order valence-corrected chi connectivity index (χ1v) is 8.20. The number of carbonyl (C=O) groups excluding carboxylic acids is 1. The van der Waals surface area contributed by atoms with Crippen LogP contribution < -0.4 is 10.6 Å². The maximum atomic E-state index is 13.1. The monoisotopic (exact) mass is 339 g/mol. The lowest BCUT2D eigenvalue weighted by Crippen LogP contribution is -2.46. The van der Waals surface area contributed by atoms with Crippen molar-refractivity contribution >= 4 is 29.0 Å². The second kappa shape index (κ2) is 8.79. The summed E-state index contributed by atoms with van der Waals surface area (Å²) in [5.74, 6) is -0.294. The Labute approximate surface area is 141 Å². The van der Waals surface area contributed by atoms with Crippen LogP contribution in [0.15, 0.2) is 24.3 Å². The average Bonchev–Trinajstić information content (AvgIpc) is 2.54. The summed E-state index contributed by atoms with van der Waals surface area (Å²) in [6.07, 6.45) is 1.48. The summed E-state index contributed by atoms with van der Waals surface area (Å²) in [4.78, 5) is 14.0. The number of thiocarbonyl (C=S) groups is 1. The Morgan fingerprint density at radius 2 is 2.17 bits per heavy atom. The van der Waals surface area contributed by atoms with E-state index in [-0.39, 0.29) is 11.9 Å². The Hall–Kier alpha value is -1.73. The largest absolute Gasteiger partial charge is 0.450 e. The standard InChI is InChI=1S/C16H22FN3O2S/c1-2-22-16(21)20-8-6-13(7-9-20)18-11-15(23)19-14-5-3-4-12(17)10-14/h3-5,10,13,18H,2,6-9,11H2,1H3,(H,19,23). The molecule has 23 heavy (non-hydrogen) atoms. The molecule has 5 nitrogen and oxygen atoms in total. The molecule has 0 unspecified atom stereocenters. The van der Waals surface area contributed by atoms with E-state index in [9.17, 15) is 9.18 Å². The minimum absolute atomic E-state index is 0.241. The molecule has 1 saturated heterocycles. The second-order valence-electron chi connectivity index (χ2n) is 5.40. The number of benzene rings is 1. The molecule has 1 aliphatic rings. The Bertz CT molecular complexity index is 548. The van der Waals surface area contributed by atoms with Crippen molar-refractivity contribution in [2.24, 2.45) is 0 Å². The van der Waals surface area contributed by atoms with E-state index in [1.165, 1.54) is 12.1 Å². The van der Waals surface area contributed by atoms with Crippen LogP contribution in [0, 0.1) is 5.82 Å². The number of ether oxygens (including phenoxy) is 1. The fraction of sp³-hybridized carbons (Fsp3) is 0.500. The Kier molecular flexibility index (Phi) is 6.73. The number of hydrogen-bond acceptors (Lipinski definition) is 4. The van der Waals surface area contributed by atoms with Crippen LogP contribution in [0.4, 0.5) is 14.9 Å². The third kappa shape index (κ3) is 5.76. The highest BCUT2D eigenvalue weighted by Crippen LogP contribution is 2.12. The summed E-state index contributed by atoms with van der Waals surface area (Å²) in [5.41, 5.74) is 0.647. The van der Waals surface area contributed by atoms with Gasteiger partial charge in [0.25, 0.3) is 0 Å². The number of carbonyl (C=O) groups is 1. The molecule has 0 aliphatic carbocycles. The number of nitrogens with one attached hydrogen (secondary N) is 2. The normalized spacial score (nSPS) is 15.3. The molecule has 0 radical (unpaired) electrons. The van der Waals surface area contributed by atoms with E-state index in [2.05, 4.69) is 10.6 Å². The predicted octanol–water partition coefficient (Wildman–Crippen LogP) is 2.78. The molecule has 0 aromatic heterocycles. The number of amides is 1. The third-order valence-electron chi connectivity index (χ3n) is 3.68. The summed E-state index contributed by atoms with van der Waals surface area (Å²) in [6.45, 7) is 4.09. The van der Waals surface area contributed by atoms with Gasteiger partial charge in [0.15, 0.2) is 0 Å². The fourth-order valence-electron chi connectivity index (χ4n) is 2.49. The molecular formula is C16H22FN3O2S. The van der Waals surface area contributed by atoms with Gasteiger partial charge in [0.05, 0.1) is 11.6 Å². The van der Waals surface area contributed by atoms with Crippen molar-refractivity contribution < 1.29 is 13.9 Å². The van der Waals surface area contributed by atoms with Crippen LogP contribution >= 0.6 is 12.2 Å². The van der Waals surface area contributed by atoms with Crippen molar-refractivity contribution in [3.05, 3.63) is 30.1 Å². The Balaban J connectivity index is 1.69. The van der Waals surface area contributed by atoms with Gasteiger partial charge in [0.1, 0.15) is 5.82 Å². The van der Waals surface area contributed by atoms with Crippen molar-refractivity contribution in [2.75, 3.05) is 31.6 Å². The van der Waals surface area contributed by atoms with E-state index in [0.29, 0.717) is 43.0 Å². The molecule has 126 valence electrons. The lowest BCUT2D eigenvalue weighted by molar-refractivity contribution is 0.0954. The number of likely N-dealkylation sites (tertiary alicyclic amines) is 1. The third-order valence-corrected chi connectivity index (χ3v) is 3.93. The van der Waals surface area contributed by atoms with E-state index < -0.39 is 0 Å². The lowest BCUT2D eigenvalue weighted by Gasteiger charge is -2.31. The van der Waals surface area contributed by atoms with Crippen LogP contribution in [0.5, 0.6) is 0 Å².